The van der Waals surface area contributed by atoms with E-state index in [0.29, 0.717) is 28.0 Å². The van der Waals surface area contributed by atoms with Crippen LogP contribution in [0.5, 0.6) is 11.5 Å². The molecule has 29 heavy (non-hydrogen) atoms. The fraction of sp³-hybridized carbons (Fsp3) is 0.200. The lowest BCUT2D eigenvalue weighted by molar-refractivity contribution is -0.118. The molecule has 4 rings (SSSR count). The maximum atomic E-state index is 12.7. The highest BCUT2D eigenvalue weighted by atomic mass is 32.2. The Kier molecular flexibility index (Phi) is 5.35. The van der Waals surface area contributed by atoms with Gasteiger partial charge in [0.25, 0.3) is 5.91 Å². The minimum Gasteiger partial charge on any atom is -0.497 e. The molecule has 0 unspecified atom stereocenters. The molecule has 0 spiro atoms. The lowest BCUT2D eigenvalue weighted by atomic mass is 10.1. The van der Waals surface area contributed by atoms with Crippen molar-refractivity contribution in [2.45, 2.75) is 18.3 Å². The van der Waals surface area contributed by atoms with E-state index in [2.05, 4.69) is 16.3 Å². The second kappa shape index (κ2) is 8.24. The predicted octanol–water partition coefficient (Wildman–Crippen LogP) is 2.51. The van der Waals surface area contributed by atoms with Gasteiger partial charge in [-0.3, -0.25) is 4.79 Å². The Bertz CT molecular complexity index is 1090. The summed E-state index contributed by atoms with van der Waals surface area (Å²) in [6.07, 6.45) is 0. The van der Waals surface area contributed by atoms with Crippen LogP contribution in [0.15, 0.2) is 53.7 Å². The van der Waals surface area contributed by atoms with Gasteiger partial charge in [0, 0.05) is 6.07 Å². The van der Waals surface area contributed by atoms with Crippen LogP contribution in [0.1, 0.15) is 17.0 Å². The van der Waals surface area contributed by atoms with E-state index in [4.69, 9.17) is 9.47 Å². The first-order chi connectivity index (χ1) is 14.2. The van der Waals surface area contributed by atoms with Crippen LogP contribution in [0.3, 0.4) is 0 Å². The van der Waals surface area contributed by atoms with Crippen molar-refractivity contribution < 1.29 is 14.3 Å². The second-order valence-electron chi connectivity index (χ2n) is 6.19. The third-order valence-corrected chi connectivity index (χ3v) is 5.30. The monoisotopic (exact) mass is 407 g/mol. The smallest absolute Gasteiger partial charge is 0.252 e. The number of nitrogens with zero attached hydrogens (tertiary/aromatic N) is 5. The van der Waals surface area contributed by atoms with Crippen molar-refractivity contribution in [3.05, 3.63) is 65.5 Å². The molecule has 0 aliphatic carbocycles. The van der Waals surface area contributed by atoms with Crippen LogP contribution >= 0.6 is 11.8 Å². The number of hydrogen-bond donors (Lipinski definition) is 0. The van der Waals surface area contributed by atoms with Crippen molar-refractivity contribution in [2.24, 2.45) is 0 Å². The highest BCUT2D eigenvalue weighted by Crippen LogP contribution is 2.26. The number of hydrogen-bond acceptors (Lipinski definition) is 7. The Morgan fingerprint density at radius 3 is 2.83 bits per heavy atom. The number of carbonyl (C=O) groups is 1. The van der Waals surface area contributed by atoms with Crippen molar-refractivity contribution in [3.8, 4) is 17.6 Å². The number of rotatable bonds is 6. The van der Waals surface area contributed by atoms with Crippen molar-refractivity contribution in [1.29, 1.82) is 5.26 Å². The first-order valence-corrected chi connectivity index (χ1v) is 9.80. The topological polar surface area (TPSA) is 93.3 Å². The van der Waals surface area contributed by atoms with Crippen LogP contribution in [0.25, 0.3) is 0 Å². The molecule has 0 bridgehead atoms. The fourth-order valence-corrected chi connectivity index (χ4v) is 3.78. The number of aromatic nitrogens is 3. The number of ether oxygens (including phenoxy) is 2. The standard InChI is InChI=1S/C20H17N5O3S/c1-27-16-7-4-8-17(9-16)28-12-18-22-23-20-25(18)24(19(26)13-29-20)11-15-6-3-2-5-14(15)10-21/h2-9H,11-13H2,1H3. The average molecular weight is 407 g/mol. The van der Waals surface area contributed by atoms with Crippen LogP contribution in [0.2, 0.25) is 0 Å². The molecule has 2 heterocycles. The van der Waals surface area contributed by atoms with Crippen molar-refractivity contribution in [2.75, 3.05) is 17.9 Å². The van der Waals surface area contributed by atoms with Crippen LogP contribution < -0.4 is 14.5 Å². The summed E-state index contributed by atoms with van der Waals surface area (Å²) in [5, 5.41) is 19.9. The fourth-order valence-electron chi connectivity index (χ4n) is 2.96. The Balaban J connectivity index is 1.60. The van der Waals surface area contributed by atoms with Gasteiger partial charge < -0.3 is 9.47 Å². The van der Waals surface area contributed by atoms with Crippen LogP contribution in [0.4, 0.5) is 0 Å². The molecule has 0 fully saturated rings. The summed E-state index contributed by atoms with van der Waals surface area (Å²) in [4.78, 5) is 12.7. The molecule has 0 atom stereocenters. The number of carbonyl (C=O) groups excluding carboxylic acids is 1. The second-order valence-corrected chi connectivity index (χ2v) is 7.13. The summed E-state index contributed by atoms with van der Waals surface area (Å²) in [5.41, 5.74) is 1.29. The lowest BCUT2D eigenvalue weighted by Gasteiger charge is -2.29. The maximum Gasteiger partial charge on any atom is 0.252 e. The molecule has 1 aliphatic heterocycles. The van der Waals surface area contributed by atoms with Gasteiger partial charge >= 0.3 is 0 Å². The van der Waals surface area contributed by atoms with Gasteiger partial charge in [-0.15, -0.1) is 10.2 Å². The summed E-state index contributed by atoms with van der Waals surface area (Å²) < 4.78 is 12.7. The molecular formula is C20H17N5O3S. The summed E-state index contributed by atoms with van der Waals surface area (Å²) in [6, 6.07) is 16.6. The molecule has 0 saturated carbocycles. The molecule has 146 valence electrons. The highest BCUT2D eigenvalue weighted by Gasteiger charge is 2.29. The summed E-state index contributed by atoms with van der Waals surface area (Å²) in [6.45, 7) is 0.380. The van der Waals surface area contributed by atoms with Crippen molar-refractivity contribution in [3.63, 3.8) is 0 Å². The molecule has 2 aromatic carbocycles. The summed E-state index contributed by atoms with van der Waals surface area (Å²) >= 11 is 1.33. The molecule has 1 aromatic heterocycles. The van der Waals surface area contributed by atoms with Crippen LogP contribution in [0, 0.1) is 11.3 Å². The number of nitriles is 1. The Morgan fingerprint density at radius 2 is 2.00 bits per heavy atom. The third-order valence-electron chi connectivity index (χ3n) is 4.40. The first kappa shape index (κ1) is 18.8. The van der Waals surface area contributed by atoms with E-state index in [9.17, 15) is 10.1 Å². The summed E-state index contributed by atoms with van der Waals surface area (Å²) in [5.74, 6) is 1.99. The van der Waals surface area contributed by atoms with Gasteiger partial charge in [-0.25, -0.2) is 9.69 Å². The zero-order chi connectivity index (χ0) is 20.2. The van der Waals surface area contributed by atoms with Crippen molar-refractivity contribution in [1.82, 2.24) is 14.9 Å². The summed E-state index contributed by atoms with van der Waals surface area (Å²) in [7, 11) is 1.59. The molecule has 0 radical (unpaired) electrons. The number of benzene rings is 2. The minimum atomic E-state index is -0.0855. The van der Waals surface area contributed by atoms with E-state index >= 15 is 0 Å². The number of fused-ring (bicyclic) bond motifs is 1. The molecule has 1 amide bonds. The van der Waals surface area contributed by atoms with E-state index in [-0.39, 0.29) is 24.8 Å². The van der Waals surface area contributed by atoms with E-state index in [1.54, 1.807) is 35.0 Å². The van der Waals surface area contributed by atoms with Crippen molar-refractivity contribution >= 4 is 17.7 Å². The molecule has 0 N–H and O–H groups in total. The number of amides is 1. The van der Waals surface area contributed by atoms with Gasteiger partial charge in [0.05, 0.1) is 31.0 Å². The van der Waals surface area contributed by atoms with Gasteiger partial charge in [0.15, 0.2) is 5.82 Å². The Morgan fingerprint density at radius 1 is 1.17 bits per heavy atom. The van der Waals surface area contributed by atoms with Crippen LogP contribution in [-0.4, -0.2) is 33.6 Å². The molecular weight excluding hydrogens is 390 g/mol. The van der Waals surface area contributed by atoms with Gasteiger partial charge in [0.1, 0.15) is 18.1 Å². The Labute approximate surface area is 171 Å². The van der Waals surface area contributed by atoms with Gasteiger partial charge in [0.2, 0.25) is 5.16 Å². The van der Waals surface area contributed by atoms with E-state index < -0.39 is 0 Å². The lowest BCUT2D eigenvalue weighted by Crippen LogP contribution is -2.45. The largest absolute Gasteiger partial charge is 0.497 e. The quantitative estimate of drug-likeness (QED) is 0.620. The minimum absolute atomic E-state index is 0.0855. The van der Waals surface area contributed by atoms with E-state index in [1.165, 1.54) is 11.8 Å². The molecule has 9 heteroatoms. The zero-order valence-corrected chi connectivity index (χ0v) is 16.4. The SMILES string of the molecule is COc1cccc(OCc2nnc3n2N(Cc2ccccc2C#N)C(=O)CS3)c1. The predicted molar refractivity (Wildman–Crippen MR) is 106 cm³/mol. The van der Waals surface area contributed by atoms with Crippen LogP contribution in [-0.2, 0) is 17.9 Å². The molecule has 3 aromatic rings. The average Bonchev–Trinajstić information content (AvgIpc) is 3.18. The molecule has 8 nitrogen and oxygen atoms in total. The highest BCUT2D eigenvalue weighted by molar-refractivity contribution is 7.99. The third kappa shape index (κ3) is 3.88. The van der Waals surface area contributed by atoms with E-state index in [0.717, 1.165) is 5.56 Å². The first-order valence-electron chi connectivity index (χ1n) is 8.82. The van der Waals surface area contributed by atoms with Gasteiger partial charge in [-0.2, -0.15) is 5.26 Å². The van der Waals surface area contributed by atoms with Gasteiger partial charge in [-0.05, 0) is 23.8 Å². The number of methoxy groups -OCH3 is 1. The Hall–Kier alpha value is -3.51. The number of thioether (sulfide) groups is 1. The zero-order valence-electron chi connectivity index (χ0n) is 15.6. The van der Waals surface area contributed by atoms with E-state index in [1.807, 2.05) is 30.3 Å². The molecule has 0 saturated heterocycles. The molecule has 1 aliphatic rings. The maximum absolute atomic E-state index is 12.7. The van der Waals surface area contributed by atoms with Gasteiger partial charge in [-0.1, -0.05) is 36.0 Å². The normalized spacial score (nSPS) is 13.0.